The number of hydrogen-bond donors (Lipinski definition) is 2. The van der Waals surface area contributed by atoms with Crippen LogP contribution < -0.4 is 15.4 Å². The highest BCUT2D eigenvalue weighted by Crippen LogP contribution is 2.22. The minimum Gasteiger partial charge on any atom is -0.497 e. The Morgan fingerprint density at radius 3 is 2.34 bits per heavy atom. The van der Waals surface area contributed by atoms with Crippen molar-refractivity contribution in [2.75, 3.05) is 24.3 Å². The van der Waals surface area contributed by atoms with Gasteiger partial charge in [-0.1, -0.05) is 29.8 Å². The number of aromatic nitrogens is 2. The van der Waals surface area contributed by atoms with Crippen molar-refractivity contribution in [3.63, 3.8) is 0 Å². The first-order valence-electron chi connectivity index (χ1n) is 9.54. The summed E-state index contributed by atoms with van der Waals surface area (Å²) in [7, 11) is 1.65. The molecule has 2 N–H and O–H groups in total. The molecule has 6 heteroatoms. The third-order valence-corrected chi connectivity index (χ3v) is 4.69. The number of methoxy groups -OCH3 is 1. The van der Waals surface area contributed by atoms with Gasteiger partial charge in [-0.15, -0.1) is 0 Å². The number of aryl methyl sites for hydroxylation is 3. The van der Waals surface area contributed by atoms with Crippen LogP contribution >= 0.6 is 0 Å². The van der Waals surface area contributed by atoms with E-state index in [1.54, 1.807) is 13.2 Å². The van der Waals surface area contributed by atoms with Gasteiger partial charge in [-0.05, 0) is 56.0 Å². The maximum atomic E-state index is 12.7. The van der Waals surface area contributed by atoms with Crippen LogP contribution in [0.3, 0.4) is 0 Å². The van der Waals surface area contributed by atoms with Crippen LogP contribution in [0.25, 0.3) is 0 Å². The second-order valence-corrected chi connectivity index (χ2v) is 7.04. The summed E-state index contributed by atoms with van der Waals surface area (Å²) in [5, 5.41) is 6.22. The maximum absolute atomic E-state index is 12.7. The number of ether oxygens (including phenoxy) is 1. The van der Waals surface area contributed by atoms with Crippen LogP contribution in [-0.4, -0.2) is 29.5 Å². The number of nitrogens with zero attached hydrogens (tertiary/aromatic N) is 2. The van der Waals surface area contributed by atoms with Crippen molar-refractivity contribution in [1.29, 1.82) is 0 Å². The second kappa shape index (κ2) is 9.19. The van der Waals surface area contributed by atoms with Crippen LogP contribution in [0.2, 0.25) is 0 Å². The standard InChI is InChI=1S/C23H26N4O2/c1-15-11-16(2)22(17(3)12-15)27-23(28)20-13-21(26-14-25-20)24-10-9-18-5-7-19(29-4)8-6-18/h5-8,11-14H,9-10H2,1-4H3,(H,27,28)(H,24,25,26). The molecular formula is C23H26N4O2. The van der Waals surface area contributed by atoms with E-state index in [0.29, 0.717) is 18.1 Å². The summed E-state index contributed by atoms with van der Waals surface area (Å²) >= 11 is 0. The molecule has 2 aromatic carbocycles. The molecule has 1 aromatic heterocycles. The Labute approximate surface area is 171 Å². The first-order valence-corrected chi connectivity index (χ1v) is 9.54. The van der Waals surface area contributed by atoms with Crippen molar-refractivity contribution in [3.05, 3.63) is 76.7 Å². The molecule has 0 radical (unpaired) electrons. The van der Waals surface area contributed by atoms with Crippen LogP contribution in [-0.2, 0) is 6.42 Å². The Bertz CT molecular complexity index is 977. The summed E-state index contributed by atoms with van der Waals surface area (Å²) in [6.45, 7) is 6.71. The zero-order valence-electron chi connectivity index (χ0n) is 17.2. The molecule has 1 amide bonds. The normalized spacial score (nSPS) is 10.5. The zero-order valence-corrected chi connectivity index (χ0v) is 17.2. The van der Waals surface area contributed by atoms with Gasteiger partial charge in [-0.2, -0.15) is 0 Å². The molecule has 0 unspecified atom stereocenters. The van der Waals surface area contributed by atoms with E-state index < -0.39 is 0 Å². The number of hydrogen-bond acceptors (Lipinski definition) is 5. The Morgan fingerprint density at radius 1 is 1.00 bits per heavy atom. The lowest BCUT2D eigenvalue weighted by atomic mass is 10.0. The lowest BCUT2D eigenvalue weighted by Crippen LogP contribution is -2.16. The fraction of sp³-hybridized carbons (Fsp3) is 0.261. The molecule has 29 heavy (non-hydrogen) atoms. The fourth-order valence-corrected chi connectivity index (χ4v) is 3.26. The van der Waals surface area contributed by atoms with Gasteiger partial charge in [0, 0.05) is 18.3 Å². The minimum absolute atomic E-state index is 0.249. The number of nitrogens with one attached hydrogen (secondary N) is 2. The van der Waals surface area contributed by atoms with Gasteiger partial charge in [0.2, 0.25) is 0 Å². The smallest absolute Gasteiger partial charge is 0.274 e. The van der Waals surface area contributed by atoms with Gasteiger partial charge in [-0.3, -0.25) is 4.79 Å². The van der Waals surface area contributed by atoms with Crippen LogP contribution in [0, 0.1) is 20.8 Å². The first-order chi connectivity index (χ1) is 14.0. The maximum Gasteiger partial charge on any atom is 0.274 e. The molecule has 150 valence electrons. The molecule has 0 atom stereocenters. The molecule has 0 aliphatic carbocycles. The molecule has 1 heterocycles. The molecule has 0 saturated carbocycles. The fourth-order valence-electron chi connectivity index (χ4n) is 3.26. The molecule has 6 nitrogen and oxygen atoms in total. The lowest BCUT2D eigenvalue weighted by Gasteiger charge is -2.13. The Kier molecular flexibility index (Phi) is 6.44. The summed E-state index contributed by atoms with van der Waals surface area (Å²) in [5.74, 6) is 1.21. The summed E-state index contributed by atoms with van der Waals surface area (Å²) in [4.78, 5) is 21.0. The predicted molar refractivity (Wildman–Crippen MR) is 116 cm³/mol. The van der Waals surface area contributed by atoms with Crippen LogP contribution in [0.5, 0.6) is 5.75 Å². The third-order valence-electron chi connectivity index (χ3n) is 4.69. The van der Waals surface area contributed by atoms with Crippen molar-refractivity contribution < 1.29 is 9.53 Å². The zero-order chi connectivity index (χ0) is 20.8. The van der Waals surface area contributed by atoms with Gasteiger partial charge in [-0.25, -0.2) is 9.97 Å². The first kappa shape index (κ1) is 20.3. The van der Waals surface area contributed by atoms with Gasteiger partial charge in [0.15, 0.2) is 0 Å². The quantitative estimate of drug-likeness (QED) is 0.628. The van der Waals surface area contributed by atoms with E-state index in [-0.39, 0.29) is 5.91 Å². The molecule has 3 aromatic rings. The summed E-state index contributed by atoms with van der Waals surface area (Å²) < 4.78 is 5.17. The van der Waals surface area contributed by atoms with E-state index in [0.717, 1.165) is 29.0 Å². The van der Waals surface area contributed by atoms with Crippen molar-refractivity contribution in [1.82, 2.24) is 9.97 Å². The van der Waals surface area contributed by atoms with Gasteiger partial charge < -0.3 is 15.4 Å². The monoisotopic (exact) mass is 390 g/mol. The van der Waals surface area contributed by atoms with Crippen molar-refractivity contribution >= 4 is 17.4 Å². The molecule has 0 fully saturated rings. The highest BCUT2D eigenvalue weighted by atomic mass is 16.5. The topological polar surface area (TPSA) is 76.1 Å². The van der Waals surface area contributed by atoms with E-state index in [4.69, 9.17) is 4.74 Å². The van der Waals surface area contributed by atoms with Crippen LogP contribution in [0.15, 0.2) is 48.8 Å². The minimum atomic E-state index is -0.249. The van der Waals surface area contributed by atoms with E-state index in [1.807, 2.05) is 45.0 Å². The lowest BCUT2D eigenvalue weighted by molar-refractivity contribution is 0.102. The van der Waals surface area contributed by atoms with Gasteiger partial charge in [0.25, 0.3) is 5.91 Å². The van der Waals surface area contributed by atoms with Gasteiger partial charge in [0.05, 0.1) is 7.11 Å². The van der Waals surface area contributed by atoms with Crippen molar-refractivity contribution in [2.24, 2.45) is 0 Å². The van der Waals surface area contributed by atoms with Crippen molar-refractivity contribution in [3.8, 4) is 5.75 Å². The second-order valence-electron chi connectivity index (χ2n) is 7.04. The Hall–Kier alpha value is -3.41. The average molecular weight is 390 g/mol. The Morgan fingerprint density at radius 2 is 1.69 bits per heavy atom. The molecule has 0 bridgehead atoms. The predicted octanol–water partition coefficient (Wildman–Crippen LogP) is 4.32. The number of carbonyl (C=O) groups excluding carboxylic acids is 1. The van der Waals surface area contributed by atoms with E-state index in [1.165, 1.54) is 17.5 Å². The Balaban J connectivity index is 1.62. The third kappa shape index (κ3) is 5.31. The highest BCUT2D eigenvalue weighted by molar-refractivity contribution is 6.04. The molecule has 3 rings (SSSR count). The number of amides is 1. The van der Waals surface area contributed by atoms with E-state index in [2.05, 4.69) is 32.7 Å². The summed E-state index contributed by atoms with van der Waals surface area (Å²) in [5.41, 5.74) is 5.57. The van der Waals surface area contributed by atoms with E-state index in [9.17, 15) is 4.79 Å². The van der Waals surface area contributed by atoms with Crippen molar-refractivity contribution in [2.45, 2.75) is 27.2 Å². The average Bonchev–Trinajstić information content (AvgIpc) is 2.71. The van der Waals surface area contributed by atoms with Gasteiger partial charge >= 0.3 is 0 Å². The number of benzene rings is 2. The molecular weight excluding hydrogens is 364 g/mol. The SMILES string of the molecule is COc1ccc(CCNc2cc(C(=O)Nc3c(C)cc(C)cc3C)ncn2)cc1. The number of carbonyl (C=O) groups is 1. The molecule has 0 spiro atoms. The van der Waals surface area contributed by atoms with Crippen LogP contribution in [0.1, 0.15) is 32.7 Å². The highest BCUT2D eigenvalue weighted by Gasteiger charge is 2.12. The largest absolute Gasteiger partial charge is 0.497 e. The number of rotatable bonds is 7. The summed E-state index contributed by atoms with van der Waals surface area (Å²) in [6, 6.07) is 13.7. The molecule has 0 aliphatic rings. The molecule has 0 saturated heterocycles. The van der Waals surface area contributed by atoms with Gasteiger partial charge in [0.1, 0.15) is 23.6 Å². The molecule has 0 aliphatic heterocycles. The van der Waals surface area contributed by atoms with Crippen LogP contribution in [0.4, 0.5) is 11.5 Å². The van der Waals surface area contributed by atoms with E-state index >= 15 is 0 Å². The summed E-state index contributed by atoms with van der Waals surface area (Å²) in [6.07, 6.45) is 2.23. The number of anilines is 2.